The molecule has 2 atom stereocenters. The lowest BCUT2D eigenvalue weighted by atomic mass is 10.1. The molecule has 0 amide bonds. The largest absolute Gasteiger partial charge is 0.506 e. The van der Waals surface area contributed by atoms with Crippen molar-refractivity contribution in [3.8, 4) is 5.75 Å². The number of methoxy groups -OCH3 is 1. The van der Waals surface area contributed by atoms with Crippen molar-refractivity contribution in [3.05, 3.63) is 107 Å². The molecule has 0 saturated heterocycles. The molecule has 5 N–H and O–H groups in total. The van der Waals surface area contributed by atoms with Crippen molar-refractivity contribution < 1.29 is 24.8 Å². The zero-order valence-corrected chi connectivity index (χ0v) is 23.3. The van der Waals surface area contributed by atoms with E-state index in [9.17, 15) is 15.3 Å². The molecule has 1 aliphatic carbocycles. The normalized spacial score (nSPS) is 14.4. The van der Waals surface area contributed by atoms with Crippen molar-refractivity contribution in [2.75, 3.05) is 33.9 Å². The van der Waals surface area contributed by atoms with E-state index in [1.165, 1.54) is 6.08 Å². The van der Waals surface area contributed by atoms with Gasteiger partial charge in [0.15, 0.2) is 5.76 Å². The minimum absolute atomic E-state index is 0. The zero-order valence-electron chi connectivity index (χ0n) is 23.3. The molecule has 0 unspecified atom stereocenters. The highest BCUT2D eigenvalue weighted by molar-refractivity contribution is 5.35. The van der Waals surface area contributed by atoms with Gasteiger partial charge in [-0.3, -0.25) is 0 Å². The van der Waals surface area contributed by atoms with Crippen LogP contribution in [0.5, 0.6) is 5.75 Å². The lowest BCUT2D eigenvalue weighted by Gasteiger charge is -2.15. The van der Waals surface area contributed by atoms with Gasteiger partial charge < -0.3 is 35.4 Å². The standard InChI is InChI=1S/C29H38N2O5.C2H6.CH4/c1-21(14-17-26(32)22(2)30-3)27(33)19-31-18-8-10-23-9-7-11-24(16-15-23)36-20-28(34)25-12-5-6-13-29(25)35-4;1-2;/h5-7,9,12-17,27-28,30-34H,2,8,10,18-20H2,1,3-4H3;1-2H3;1H4/b21-14+,26-17+;;/t27-,28-;;/m0../s1. The first kappa shape index (κ1) is 35.5. The fourth-order valence-corrected chi connectivity index (χ4v) is 3.34. The van der Waals surface area contributed by atoms with Gasteiger partial charge in [-0.1, -0.05) is 70.0 Å². The van der Waals surface area contributed by atoms with Crippen LogP contribution in [0.4, 0.5) is 0 Å². The van der Waals surface area contributed by atoms with Gasteiger partial charge in [-0.2, -0.15) is 0 Å². The highest BCUT2D eigenvalue weighted by atomic mass is 16.5. The van der Waals surface area contributed by atoms with Gasteiger partial charge in [0, 0.05) is 19.2 Å². The van der Waals surface area contributed by atoms with Gasteiger partial charge in [0.1, 0.15) is 24.2 Å². The summed E-state index contributed by atoms with van der Waals surface area (Å²) in [6.07, 6.45) is 11.1. The molecular weight excluding hydrogens is 492 g/mol. The van der Waals surface area contributed by atoms with Gasteiger partial charge in [0.05, 0.1) is 18.9 Å². The van der Waals surface area contributed by atoms with Crippen molar-refractivity contribution >= 4 is 0 Å². The van der Waals surface area contributed by atoms with E-state index >= 15 is 0 Å². The van der Waals surface area contributed by atoms with E-state index in [1.54, 1.807) is 26.3 Å². The number of nitrogens with one attached hydrogen (secondary N) is 2. The van der Waals surface area contributed by atoms with Crippen LogP contribution in [0, 0.1) is 0 Å². The minimum atomic E-state index is -0.811. The second kappa shape index (κ2) is 20.5. The maximum absolute atomic E-state index is 10.5. The number of rotatable bonds is 15. The summed E-state index contributed by atoms with van der Waals surface area (Å²) >= 11 is 0. The molecule has 0 heterocycles. The van der Waals surface area contributed by atoms with Crippen molar-refractivity contribution in [1.82, 2.24) is 10.6 Å². The number of hydrogen-bond acceptors (Lipinski definition) is 7. The average Bonchev–Trinajstić information content (AvgIpc) is 3.19. The smallest absolute Gasteiger partial charge is 0.162 e. The van der Waals surface area contributed by atoms with Crippen LogP contribution in [-0.4, -0.2) is 55.3 Å². The van der Waals surface area contributed by atoms with E-state index in [-0.39, 0.29) is 19.8 Å². The SMILES string of the molecule is C.C=C(NC)/C(O)=C\C=C(/C)[C@@H](O)CNCCCC1=CC=C=C(OC[C@H](O)c2ccccc2OC)C=C1.CC. The van der Waals surface area contributed by atoms with Gasteiger partial charge in [0.2, 0.25) is 0 Å². The Morgan fingerprint density at radius 3 is 2.56 bits per heavy atom. The number of likely N-dealkylation sites (N-methyl/N-ethyl adjacent to an activating group) is 1. The molecule has 2 rings (SSSR count). The third kappa shape index (κ3) is 13.2. The number of aliphatic hydroxyl groups excluding tert-OH is 3. The summed E-state index contributed by atoms with van der Waals surface area (Å²) in [5.74, 6) is 1.21. The van der Waals surface area contributed by atoms with E-state index < -0.39 is 12.2 Å². The van der Waals surface area contributed by atoms with Gasteiger partial charge >= 0.3 is 0 Å². The molecule has 0 aliphatic heterocycles. The molecule has 0 spiro atoms. The molecule has 0 bridgehead atoms. The van der Waals surface area contributed by atoms with E-state index in [1.807, 2.05) is 63.3 Å². The highest BCUT2D eigenvalue weighted by Gasteiger charge is 2.14. The molecule has 0 radical (unpaired) electrons. The summed E-state index contributed by atoms with van der Waals surface area (Å²) in [6.45, 7) is 10.8. The van der Waals surface area contributed by atoms with Gasteiger partial charge in [-0.05, 0) is 61.8 Å². The Kier molecular flexibility index (Phi) is 18.7. The summed E-state index contributed by atoms with van der Waals surface area (Å²) < 4.78 is 11.0. The fourth-order valence-electron chi connectivity index (χ4n) is 3.34. The lowest BCUT2D eigenvalue weighted by Crippen LogP contribution is -2.28. The molecule has 39 heavy (non-hydrogen) atoms. The molecule has 1 aromatic carbocycles. The van der Waals surface area contributed by atoms with Crippen LogP contribution in [0.1, 0.15) is 52.7 Å². The number of benzene rings is 1. The van der Waals surface area contributed by atoms with Crippen LogP contribution < -0.4 is 15.4 Å². The number of para-hydroxylation sites is 1. The van der Waals surface area contributed by atoms with Crippen LogP contribution in [0.2, 0.25) is 0 Å². The summed E-state index contributed by atoms with van der Waals surface area (Å²) in [4.78, 5) is 0. The number of hydrogen-bond donors (Lipinski definition) is 5. The molecule has 7 heteroatoms. The Hall–Kier alpha value is -3.48. The number of aliphatic hydroxyl groups is 3. The van der Waals surface area contributed by atoms with Crippen molar-refractivity contribution in [1.29, 1.82) is 0 Å². The second-order valence-corrected chi connectivity index (χ2v) is 8.33. The average molecular weight is 541 g/mol. The second-order valence-electron chi connectivity index (χ2n) is 8.33. The highest BCUT2D eigenvalue weighted by Crippen LogP contribution is 2.25. The summed E-state index contributed by atoms with van der Waals surface area (Å²) in [5.41, 5.74) is 6.06. The van der Waals surface area contributed by atoms with E-state index in [0.717, 1.165) is 30.5 Å². The maximum Gasteiger partial charge on any atom is 0.162 e. The van der Waals surface area contributed by atoms with Crippen LogP contribution in [0.25, 0.3) is 0 Å². The Balaban J connectivity index is 0.00000470. The quantitative estimate of drug-likeness (QED) is 0.0830. The van der Waals surface area contributed by atoms with E-state index in [0.29, 0.717) is 29.3 Å². The monoisotopic (exact) mass is 540 g/mol. The van der Waals surface area contributed by atoms with Gasteiger partial charge in [0.25, 0.3) is 0 Å². The molecule has 7 nitrogen and oxygen atoms in total. The minimum Gasteiger partial charge on any atom is -0.506 e. The summed E-state index contributed by atoms with van der Waals surface area (Å²) in [7, 11) is 3.25. The van der Waals surface area contributed by atoms with Gasteiger partial charge in [-0.25, -0.2) is 0 Å². The molecule has 1 aliphatic rings. The molecule has 0 saturated carbocycles. The van der Waals surface area contributed by atoms with Gasteiger partial charge in [-0.15, -0.1) is 0 Å². The van der Waals surface area contributed by atoms with Crippen molar-refractivity contribution in [3.63, 3.8) is 0 Å². The topological polar surface area (TPSA) is 103 Å². The number of allylic oxidation sites excluding steroid dienone is 6. The Morgan fingerprint density at radius 2 is 1.87 bits per heavy atom. The predicted octanol–water partition coefficient (Wildman–Crippen LogP) is 5.79. The summed E-state index contributed by atoms with van der Waals surface area (Å²) in [5, 5.41) is 36.6. The fraction of sp³-hybridized carbons (Fsp3) is 0.406. The summed E-state index contributed by atoms with van der Waals surface area (Å²) in [6, 6.07) is 7.32. The first-order valence-corrected chi connectivity index (χ1v) is 13.0. The third-order valence-electron chi connectivity index (χ3n) is 5.66. The Morgan fingerprint density at radius 1 is 1.15 bits per heavy atom. The molecule has 0 fully saturated rings. The van der Waals surface area contributed by atoms with E-state index in [2.05, 4.69) is 22.9 Å². The molecular formula is C32H48N2O5. The Labute approximate surface area is 235 Å². The van der Waals surface area contributed by atoms with Crippen LogP contribution in [0.15, 0.2) is 101 Å². The molecule has 1 aromatic rings. The van der Waals surface area contributed by atoms with Crippen LogP contribution in [-0.2, 0) is 4.74 Å². The first-order chi connectivity index (χ1) is 18.3. The van der Waals surface area contributed by atoms with Crippen molar-refractivity contribution in [2.24, 2.45) is 0 Å². The molecule has 0 aromatic heterocycles. The predicted molar refractivity (Wildman–Crippen MR) is 162 cm³/mol. The van der Waals surface area contributed by atoms with Crippen molar-refractivity contribution in [2.45, 2.75) is 53.2 Å². The van der Waals surface area contributed by atoms with E-state index in [4.69, 9.17) is 9.47 Å². The zero-order chi connectivity index (χ0) is 28.3. The third-order valence-corrected chi connectivity index (χ3v) is 5.66. The lowest BCUT2D eigenvalue weighted by molar-refractivity contribution is 0.0740. The number of ether oxygens (including phenoxy) is 2. The Bertz CT molecular complexity index is 1060. The van der Waals surface area contributed by atoms with Crippen LogP contribution in [0.3, 0.4) is 0 Å². The maximum atomic E-state index is 10.5. The first-order valence-electron chi connectivity index (χ1n) is 13.0. The molecule has 216 valence electrons. The van der Waals surface area contributed by atoms with Crippen LogP contribution >= 0.6 is 0 Å².